The van der Waals surface area contributed by atoms with Crippen molar-refractivity contribution in [1.82, 2.24) is 15.3 Å². The van der Waals surface area contributed by atoms with E-state index in [9.17, 15) is 9.59 Å². The molecule has 230 valence electrons. The van der Waals surface area contributed by atoms with Crippen LogP contribution in [-0.2, 0) is 10.5 Å². The van der Waals surface area contributed by atoms with Crippen LogP contribution in [0.2, 0.25) is 5.02 Å². The van der Waals surface area contributed by atoms with Gasteiger partial charge in [-0.15, -0.1) is 11.8 Å². The number of fused-ring (bicyclic) bond motifs is 1. The van der Waals surface area contributed by atoms with E-state index in [1.54, 1.807) is 0 Å². The van der Waals surface area contributed by atoms with E-state index in [1.807, 2.05) is 98.7 Å². The molecule has 1 aromatic heterocycles. The minimum atomic E-state index is -0.478. The molecular weight excluding hydrogens is 590 g/mol. The van der Waals surface area contributed by atoms with E-state index in [0.29, 0.717) is 34.7 Å². The summed E-state index contributed by atoms with van der Waals surface area (Å²) in [5.74, 6) is 2.47. The predicted octanol–water partition coefficient (Wildman–Crippen LogP) is 7.32. The molecule has 0 aliphatic heterocycles. The van der Waals surface area contributed by atoms with Crippen LogP contribution < -0.4 is 15.5 Å². The molecule has 3 aromatic carbocycles. The Bertz CT molecular complexity index is 1570. The van der Waals surface area contributed by atoms with Crippen molar-refractivity contribution in [3.05, 3.63) is 94.5 Å². The van der Waals surface area contributed by atoms with E-state index >= 15 is 0 Å². The Hall–Kier alpha value is -3.62. The average Bonchev–Trinajstić information content (AvgIpc) is 3.03. The molecular formula is C35H40ClN5O2S. The second-order valence-corrected chi connectivity index (χ2v) is 13.4. The third kappa shape index (κ3) is 8.51. The minimum absolute atomic E-state index is 0.0197. The zero-order chi connectivity index (χ0) is 31.1. The molecule has 4 aromatic rings. The van der Waals surface area contributed by atoms with Gasteiger partial charge < -0.3 is 15.5 Å². The fourth-order valence-corrected chi connectivity index (χ4v) is 6.76. The second kappa shape index (κ2) is 14.9. The summed E-state index contributed by atoms with van der Waals surface area (Å²) in [5, 5.41) is 7.98. The molecule has 1 atom stereocenters. The topological polar surface area (TPSA) is 87.2 Å². The van der Waals surface area contributed by atoms with E-state index in [-0.39, 0.29) is 24.2 Å². The van der Waals surface area contributed by atoms with Crippen molar-refractivity contribution in [1.29, 1.82) is 0 Å². The lowest BCUT2D eigenvalue weighted by molar-refractivity contribution is -0.120. The summed E-state index contributed by atoms with van der Waals surface area (Å²) >= 11 is 7.55. The number of aryl methyl sites for hydroxylation is 1. The van der Waals surface area contributed by atoms with Crippen molar-refractivity contribution in [2.75, 3.05) is 30.9 Å². The number of ketones is 1. The van der Waals surface area contributed by atoms with Crippen LogP contribution in [0.4, 0.5) is 11.8 Å². The van der Waals surface area contributed by atoms with Gasteiger partial charge in [0.05, 0.1) is 10.8 Å². The number of hydrogen-bond donors (Lipinski definition) is 2. The van der Waals surface area contributed by atoms with Gasteiger partial charge in [0.15, 0.2) is 5.78 Å². The van der Waals surface area contributed by atoms with E-state index in [2.05, 4.69) is 10.6 Å². The summed E-state index contributed by atoms with van der Waals surface area (Å²) in [7, 11) is 3.99. The van der Waals surface area contributed by atoms with Crippen LogP contribution in [-0.4, -0.2) is 53.6 Å². The Kier molecular flexibility index (Phi) is 10.8. The molecule has 1 fully saturated rings. The van der Waals surface area contributed by atoms with Crippen LogP contribution >= 0.6 is 23.4 Å². The zero-order valence-electron chi connectivity index (χ0n) is 25.6. The van der Waals surface area contributed by atoms with E-state index < -0.39 is 5.25 Å². The van der Waals surface area contributed by atoms with Crippen LogP contribution in [0.1, 0.15) is 53.6 Å². The fourth-order valence-electron chi connectivity index (χ4n) is 5.55. The molecule has 0 spiro atoms. The molecule has 7 nitrogen and oxygen atoms in total. The number of para-hydroxylation sites is 1. The highest BCUT2D eigenvalue weighted by atomic mass is 35.5. The molecule has 2 N–H and O–H groups in total. The van der Waals surface area contributed by atoms with Gasteiger partial charge >= 0.3 is 0 Å². The van der Waals surface area contributed by atoms with Gasteiger partial charge in [0.2, 0.25) is 11.9 Å². The van der Waals surface area contributed by atoms with Gasteiger partial charge in [-0.25, -0.2) is 4.98 Å². The Morgan fingerprint density at radius 3 is 2.36 bits per heavy atom. The first-order valence-corrected chi connectivity index (χ1v) is 16.6. The fraction of sp³-hybridized carbons (Fsp3) is 0.371. The largest absolute Gasteiger partial charge is 0.362 e. The Labute approximate surface area is 269 Å². The molecule has 0 radical (unpaired) electrons. The van der Waals surface area contributed by atoms with Gasteiger partial charge in [-0.2, -0.15) is 4.98 Å². The van der Waals surface area contributed by atoms with Crippen molar-refractivity contribution in [2.24, 2.45) is 5.92 Å². The van der Waals surface area contributed by atoms with Crippen molar-refractivity contribution in [2.45, 2.75) is 56.1 Å². The number of hydrogen-bond acceptors (Lipinski definition) is 7. The third-order valence-electron chi connectivity index (χ3n) is 8.15. The number of Topliss-reactive ketones (excluding diaryl/α,β-unsaturated/α-hetero) is 1. The normalized spacial score (nSPS) is 17.2. The number of carbonyl (C=O) groups is 2. The lowest BCUT2D eigenvalue weighted by atomic mass is 9.86. The number of carbonyl (C=O) groups excluding carboxylic acids is 2. The molecule has 1 heterocycles. The maximum Gasteiger partial charge on any atom is 0.233 e. The van der Waals surface area contributed by atoms with Crippen molar-refractivity contribution in [3.63, 3.8) is 0 Å². The highest BCUT2D eigenvalue weighted by Crippen LogP contribution is 2.29. The van der Waals surface area contributed by atoms with Crippen LogP contribution in [0.25, 0.3) is 10.9 Å². The smallest absolute Gasteiger partial charge is 0.233 e. The number of halogens is 1. The van der Waals surface area contributed by atoms with E-state index in [1.165, 1.54) is 11.8 Å². The molecule has 0 bridgehead atoms. The molecule has 1 aliphatic carbocycles. The number of anilines is 2. The molecule has 0 saturated heterocycles. The van der Waals surface area contributed by atoms with Crippen molar-refractivity contribution >= 4 is 57.7 Å². The van der Waals surface area contributed by atoms with Gasteiger partial charge in [0.25, 0.3) is 0 Å². The number of rotatable bonds is 12. The quantitative estimate of drug-likeness (QED) is 0.159. The van der Waals surface area contributed by atoms with Crippen LogP contribution in [0.15, 0.2) is 72.8 Å². The average molecular weight is 630 g/mol. The lowest BCUT2D eigenvalue weighted by Crippen LogP contribution is -2.39. The summed E-state index contributed by atoms with van der Waals surface area (Å²) in [6.07, 6.45) is 4.11. The summed E-state index contributed by atoms with van der Waals surface area (Å²) in [6.45, 7) is 2.60. The number of aromatic nitrogens is 2. The zero-order valence-corrected chi connectivity index (χ0v) is 27.1. The van der Waals surface area contributed by atoms with Gasteiger partial charge in [-0.3, -0.25) is 9.59 Å². The summed E-state index contributed by atoms with van der Waals surface area (Å²) in [5.41, 5.74) is 3.73. The highest BCUT2D eigenvalue weighted by Gasteiger charge is 2.26. The van der Waals surface area contributed by atoms with Crippen LogP contribution in [0, 0.1) is 12.8 Å². The SMILES string of the molecule is Cc1ccc(C(=O)CC(SCc2ccc(Cl)cc2)C(=O)NCC2CCC(Nc3nc(N(C)C)c4ccccc4n3)CC2)cc1. The molecule has 9 heteroatoms. The maximum absolute atomic E-state index is 13.4. The van der Waals surface area contributed by atoms with E-state index in [4.69, 9.17) is 21.6 Å². The first-order valence-electron chi connectivity index (χ1n) is 15.2. The maximum atomic E-state index is 13.4. The standard InChI is InChI=1S/C35H40ClN5O2S/c1-23-8-14-26(15-9-23)31(42)20-32(44-22-25-10-16-27(36)17-11-25)34(43)37-21-24-12-18-28(19-13-24)38-35-39-30-7-5-4-6-29(30)33(40-35)41(2)3/h4-11,14-17,24,28,32H,12-13,18-22H2,1-3H3,(H,37,43)(H,38,39,40). The van der Waals surface area contributed by atoms with Crippen LogP contribution in [0.5, 0.6) is 0 Å². The Balaban J connectivity index is 1.15. The van der Waals surface area contributed by atoms with Crippen LogP contribution in [0.3, 0.4) is 0 Å². The third-order valence-corrected chi connectivity index (χ3v) is 9.69. The number of thioether (sulfide) groups is 1. The highest BCUT2D eigenvalue weighted by molar-refractivity contribution is 7.99. The summed E-state index contributed by atoms with van der Waals surface area (Å²) in [4.78, 5) is 38.1. The first kappa shape index (κ1) is 31.8. The number of nitrogens with one attached hydrogen (secondary N) is 2. The summed E-state index contributed by atoms with van der Waals surface area (Å²) < 4.78 is 0. The predicted molar refractivity (Wildman–Crippen MR) is 183 cm³/mol. The molecule has 1 aliphatic rings. The van der Waals surface area contributed by atoms with Gasteiger partial charge in [0, 0.05) is 54.8 Å². The molecule has 1 saturated carbocycles. The number of amides is 1. The second-order valence-electron chi connectivity index (χ2n) is 11.8. The molecule has 5 rings (SSSR count). The Morgan fingerprint density at radius 1 is 0.955 bits per heavy atom. The number of nitrogens with zero attached hydrogens (tertiary/aromatic N) is 3. The minimum Gasteiger partial charge on any atom is -0.362 e. The Morgan fingerprint density at radius 2 is 1.66 bits per heavy atom. The molecule has 1 amide bonds. The van der Waals surface area contributed by atoms with Crippen molar-refractivity contribution < 1.29 is 9.59 Å². The van der Waals surface area contributed by atoms with Gasteiger partial charge in [-0.1, -0.05) is 65.7 Å². The first-order chi connectivity index (χ1) is 21.2. The lowest BCUT2D eigenvalue weighted by Gasteiger charge is -2.30. The number of benzene rings is 3. The molecule has 44 heavy (non-hydrogen) atoms. The van der Waals surface area contributed by atoms with Gasteiger partial charge in [0.1, 0.15) is 5.82 Å². The molecule has 1 unspecified atom stereocenters. The monoisotopic (exact) mass is 629 g/mol. The van der Waals surface area contributed by atoms with Gasteiger partial charge in [-0.05, 0) is 68.4 Å². The van der Waals surface area contributed by atoms with Crippen molar-refractivity contribution in [3.8, 4) is 0 Å². The van der Waals surface area contributed by atoms with E-state index in [0.717, 1.165) is 53.5 Å². The summed E-state index contributed by atoms with van der Waals surface area (Å²) in [6, 6.07) is 23.5.